The molecule has 2 aromatic rings. The van der Waals surface area contributed by atoms with Gasteiger partial charge >= 0.3 is 0 Å². The lowest BCUT2D eigenvalue weighted by Gasteiger charge is -2.00. The quantitative estimate of drug-likeness (QED) is 0.669. The molecule has 2 radical (unpaired) electrons. The van der Waals surface area contributed by atoms with Crippen molar-refractivity contribution in [2.45, 2.75) is 13.2 Å². The zero-order valence-corrected chi connectivity index (χ0v) is 7.87. The summed E-state index contributed by atoms with van der Waals surface area (Å²) < 4.78 is 0. The molecule has 3 nitrogen and oxygen atoms in total. The number of H-pyrrole nitrogens is 1. The molecule has 0 aliphatic heterocycles. The van der Waals surface area contributed by atoms with Crippen LogP contribution in [0.3, 0.4) is 0 Å². The number of aromatic nitrogens is 2. The van der Waals surface area contributed by atoms with E-state index < -0.39 is 0 Å². The molecule has 1 aromatic heterocycles. The van der Waals surface area contributed by atoms with Gasteiger partial charge in [0.05, 0.1) is 18.7 Å². The normalized spacial score (nSPS) is 10.6. The van der Waals surface area contributed by atoms with Gasteiger partial charge in [0.25, 0.3) is 5.56 Å². The molecule has 2 rings (SSSR count). The third-order valence-electron chi connectivity index (χ3n) is 2.12. The van der Waals surface area contributed by atoms with Crippen LogP contribution in [0.5, 0.6) is 0 Å². The van der Waals surface area contributed by atoms with Crippen molar-refractivity contribution in [3.05, 3.63) is 39.9 Å². The molecule has 0 bridgehead atoms. The molecule has 1 heterocycles. The summed E-state index contributed by atoms with van der Waals surface area (Å²) in [7, 11) is 5.49. The zero-order chi connectivity index (χ0) is 10.1. The van der Waals surface area contributed by atoms with Crippen molar-refractivity contribution < 1.29 is 0 Å². The summed E-state index contributed by atoms with van der Waals surface area (Å²) in [6.45, 7) is 1.76. The molecule has 0 amide bonds. The molecule has 0 saturated carbocycles. The Bertz CT molecular complexity index is 533. The molecule has 0 aliphatic carbocycles. The Kier molecular flexibility index (Phi) is 2.12. The summed E-state index contributed by atoms with van der Waals surface area (Å²) in [6, 6.07) is 5.48. The van der Waals surface area contributed by atoms with E-state index in [1.54, 1.807) is 13.0 Å². The second-order valence-electron chi connectivity index (χ2n) is 3.21. The summed E-state index contributed by atoms with van der Waals surface area (Å²) in [5.74, 6) is 0.628. The largest absolute Gasteiger partial charge is 0.310 e. The Morgan fingerprint density at radius 1 is 1.50 bits per heavy atom. The molecule has 68 valence electrons. The molecule has 0 fully saturated rings. The van der Waals surface area contributed by atoms with Crippen molar-refractivity contribution in [3.8, 4) is 0 Å². The average Bonchev–Trinajstić information content (AvgIpc) is 2.17. The van der Waals surface area contributed by atoms with Crippen molar-refractivity contribution in [3.63, 3.8) is 0 Å². The number of rotatable bonds is 1. The summed E-state index contributed by atoms with van der Waals surface area (Å²) in [6.07, 6.45) is 0.434. The fourth-order valence-electron chi connectivity index (χ4n) is 1.43. The number of benzene rings is 1. The van der Waals surface area contributed by atoms with Crippen molar-refractivity contribution >= 4 is 18.7 Å². The number of hydrogen-bond acceptors (Lipinski definition) is 2. The maximum absolute atomic E-state index is 11.5. The first-order valence-electron chi connectivity index (χ1n) is 4.40. The van der Waals surface area contributed by atoms with Crippen LogP contribution in [0.25, 0.3) is 10.9 Å². The van der Waals surface area contributed by atoms with Crippen LogP contribution >= 0.6 is 0 Å². The van der Waals surface area contributed by atoms with E-state index in [1.165, 1.54) is 0 Å². The lowest BCUT2D eigenvalue weighted by Crippen LogP contribution is -2.09. The van der Waals surface area contributed by atoms with Crippen LogP contribution in [0.15, 0.2) is 23.0 Å². The van der Waals surface area contributed by atoms with Gasteiger partial charge in [-0.15, -0.1) is 0 Å². The van der Waals surface area contributed by atoms with E-state index in [0.717, 1.165) is 5.56 Å². The Balaban J connectivity index is 2.82. The number of nitrogens with one attached hydrogen (secondary N) is 1. The second-order valence-corrected chi connectivity index (χ2v) is 3.21. The first-order valence-corrected chi connectivity index (χ1v) is 4.40. The standard InChI is InChI=1S/C10H9BN2O/c1-6-12-9-3-2-7(5-11)4-8(9)10(14)13-6/h2-4H,5H2,1H3,(H,12,13,14). The SMILES string of the molecule is [B]Cc1ccc2nc(C)[nH]c(=O)c2c1. The Hall–Kier alpha value is -1.58. The predicted molar refractivity (Wildman–Crippen MR) is 56.6 cm³/mol. The van der Waals surface area contributed by atoms with Crippen LogP contribution in [0.4, 0.5) is 0 Å². The van der Waals surface area contributed by atoms with E-state index in [0.29, 0.717) is 23.0 Å². The summed E-state index contributed by atoms with van der Waals surface area (Å²) in [4.78, 5) is 18.4. The summed E-state index contributed by atoms with van der Waals surface area (Å²) >= 11 is 0. The van der Waals surface area contributed by atoms with Gasteiger partial charge in [-0.25, -0.2) is 4.98 Å². The molecule has 4 heteroatoms. The molecule has 14 heavy (non-hydrogen) atoms. The van der Waals surface area contributed by atoms with Crippen LogP contribution in [-0.2, 0) is 6.32 Å². The lowest BCUT2D eigenvalue weighted by molar-refractivity contribution is 1.06. The Labute approximate surface area is 82.6 Å². The maximum Gasteiger partial charge on any atom is 0.258 e. The Morgan fingerprint density at radius 2 is 2.29 bits per heavy atom. The first-order chi connectivity index (χ1) is 6.70. The number of nitrogens with zero attached hydrogens (tertiary/aromatic N) is 1. The lowest BCUT2D eigenvalue weighted by atomic mass is 9.96. The number of hydrogen-bond donors (Lipinski definition) is 1. The smallest absolute Gasteiger partial charge is 0.258 e. The fourth-order valence-corrected chi connectivity index (χ4v) is 1.43. The van der Waals surface area contributed by atoms with E-state index in [1.807, 2.05) is 12.1 Å². The molecule has 0 unspecified atom stereocenters. The summed E-state index contributed by atoms with van der Waals surface area (Å²) in [5, 5.41) is 0.596. The summed E-state index contributed by atoms with van der Waals surface area (Å²) in [5.41, 5.74) is 1.54. The highest BCUT2D eigenvalue weighted by Crippen LogP contribution is 2.09. The van der Waals surface area contributed by atoms with Gasteiger partial charge in [0.15, 0.2) is 0 Å². The second kappa shape index (κ2) is 3.29. The van der Waals surface area contributed by atoms with Crippen LogP contribution in [0.1, 0.15) is 11.4 Å². The van der Waals surface area contributed by atoms with Gasteiger partial charge in [0.1, 0.15) is 5.82 Å². The van der Waals surface area contributed by atoms with E-state index in [9.17, 15) is 4.79 Å². The number of fused-ring (bicyclic) bond motifs is 1. The predicted octanol–water partition coefficient (Wildman–Crippen LogP) is 0.900. The highest BCUT2D eigenvalue weighted by molar-refractivity contribution is 6.08. The van der Waals surface area contributed by atoms with E-state index in [2.05, 4.69) is 9.97 Å². The minimum atomic E-state index is -0.109. The van der Waals surface area contributed by atoms with E-state index in [-0.39, 0.29) is 5.56 Å². The highest BCUT2D eigenvalue weighted by Gasteiger charge is 2.01. The topological polar surface area (TPSA) is 45.8 Å². The highest BCUT2D eigenvalue weighted by atomic mass is 16.1. The molecule has 1 aromatic carbocycles. The van der Waals surface area contributed by atoms with Crippen molar-refractivity contribution in [2.75, 3.05) is 0 Å². The molecular weight excluding hydrogens is 175 g/mol. The monoisotopic (exact) mass is 184 g/mol. The minimum absolute atomic E-state index is 0.109. The van der Waals surface area contributed by atoms with Crippen molar-refractivity contribution in [1.82, 2.24) is 9.97 Å². The van der Waals surface area contributed by atoms with E-state index >= 15 is 0 Å². The van der Waals surface area contributed by atoms with E-state index in [4.69, 9.17) is 7.85 Å². The minimum Gasteiger partial charge on any atom is -0.310 e. The third kappa shape index (κ3) is 1.43. The molecule has 0 saturated heterocycles. The van der Waals surface area contributed by atoms with Gasteiger partial charge < -0.3 is 4.98 Å². The van der Waals surface area contributed by atoms with Crippen molar-refractivity contribution in [1.29, 1.82) is 0 Å². The third-order valence-corrected chi connectivity index (χ3v) is 2.12. The van der Waals surface area contributed by atoms with Crippen LogP contribution in [0, 0.1) is 6.92 Å². The van der Waals surface area contributed by atoms with Crippen LogP contribution in [0.2, 0.25) is 0 Å². The van der Waals surface area contributed by atoms with Gasteiger partial charge in [-0.1, -0.05) is 17.9 Å². The molecule has 0 spiro atoms. The van der Waals surface area contributed by atoms with Gasteiger partial charge in [-0.3, -0.25) is 4.79 Å². The van der Waals surface area contributed by atoms with Gasteiger partial charge in [-0.05, 0) is 19.1 Å². The molecule has 1 N–H and O–H groups in total. The number of aromatic amines is 1. The van der Waals surface area contributed by atoms with Gasteiger partial charge in [-0.2, -0.15) is 0 Å². The molecule has 0 atom stereocenters. The Morgan fingerprint density at radius 3 is 3.00 bits per heavy atom. The van der Waals surface area contributed by atoms with Crippen molar-refractivity contribution in [2.24, 2.45) is 0 Å². The average molecular weight is 184 g/mol. The first kappa shape index (κ1) is 9.00. The molecular formula is C10H9BN2O. The van der Waals surface area contributed by atoms with Gasteiger partial charge in [0, 0.05) is 0 Å². The van der Waals surface area contributed by atoms with Gasteiger partial charge in [0.2, 0.25) is 0 Å². The fraction of sp³-hybridized carbons (Fsp3) is 0.200. The van der Waals surface area contributed by atoms with Crippen LogP contribution in [-0.4, -0.2) is 17.8 Å². The molecule has 0 aliphatic rings. The zero-order valence-electron chi connectivity index (χ0n) is 7.87. The number of aryl methyl sites for hydroxylation is 1. The maximum atomic E-state index is 11.5. The van der Waals surface area contributed by atoms with Crippen LogP contribution < -0.4 is 5.56 Å².